The van der Waals surface area contributed by atoms with Crippen molar-refractivity contribution < 1.29 is 96.4 Å². The summed E-state index contributed by atoms with van der Waals surface area (Å²) in [6, 6.07) is 0. The average molecular weight is 510 g/mol. The molecular weight excluding hydrogens is 470 g/mol. The third-order valence-electron chi connectivity index (χ3n) is 5.43. The van der Waals surface area contributed by atoms with Crippen molar-refractivity contribution in [2.45, 2.75) is 77.2 Å². The Labute approximate surface area is 243 Å². The Morgan fingerprint density at radius 1 is 1.12 bits per heavy atom. The summed E-state index contributed by atoms with van der Waals surface area (Å²) in [4.78, 5) is 12.6. The van der Waals surface area contributed by atoms with Crippen LogP contribution in [0.25, 0.3) is 0 Å². The monoisotopic (exact) mass is 509 g/mol. The summed E-state index contributed by atoms with van der Waals surface area (Å²) in [7, 11) is -4.49. The number of amidine groups is 1. The van der Waals surface area contributed by atoms with Crippen LogP contribution in [0, 0.1) is 0 Å². The van der Waals surface area contributed by atoms with Gasteiger partial charge in [-0.1, -0.05) is 58.3 Å². The first-order valence-corrected chi connectivity index (χ1v) is 13.1. The maximum absolute atomic E-state index is 10.9. The number of β-amino-alcohol motifs (C(OH)–C–C–N with tert-alkyl or cyclic N) is 1. The van der Waals surface area contributed by atoms with Gasteiger partial charge in [-0.25, -0.2) is 8.42 Å². The van der Waals surface area contributed by atoms with Crippen molar-refractivity contribution in [2.75, 3.05) is 45.1 Å². The van der Waals surface area contributed by atoms with Crippen molar-refractivity contribution in [3.63, 3.8) is 0 Å². The van der Waals surface area contributed by atoms with Crippen LogP contribution in [0.4, 0.5) is 0 Å². The van der Waals surface area contributed by atoms with E-state index in [2.05, 4.69) is 11.8 Å². The normalized spacial score (nSPS) is 14.7. The molecule has 12 heteroatoms. The van der Waals surface area contributed by atoms with E-state index in [1.807, 2.05) is 4.58 Å². The third kappa shape index (κ3) is 18.7. The molecule has 0 saturated heterocycles. The van der Waals surface area contributed by atoms with Crippen molar-refractivity contribution in [2.24, 2.45) is 0 Å². The average Bonchev–Trinajstić information content (AvgIpc) is 3.03. The molecule has 0 aromatic carbocycles. The number of aliphatic carboxylic acids is 1. The Hall–Kier alpha value is 0.770. The van der Waals surface area contributed by atoms with Gasteiger partial charge in [0.2, 0.25) is 5.84 Å². The Bertz CT molecular complexity index is 663. The van der Waals surface area contributed by atoms with E-state index in [0.717, 1.165) is 25.1 Å². The molecule has 9 nitrogen and oxygen atoms in total. The number of aliphatic hydroxyl groups is 1. The maximum Gasteiger partial charge on any atom is 1.00 e. The number of nitrogens with zero attached hydrogens (tertiary/aromatic N) is 2. The quantitative estimate of drug-likeness (QED) is 0.0789. The molecule has 1 aliphatic rings. The van der Waals surface area contributed by atoms with Gasteiger partial charge in [-0.15, -0.1) is 0 Å². The summed E-state index contributed by atoms with van der Waals surface area (Å²) in [5.41, 5.74) is 0. The number of carbonyl (C=O) groups is 1. The summed E-state index contributed by atoms with van der Waals surface area (Å²) in [6.45, 7) is 3.88. The van der Waals surface area contributed by atoms with Crippen molar-refractivity contribution in [1.82, 2.24) is 4.90 Å². The van der Waals surface area contributed by atoms with E-state index in [0.29, 0.717) is 19.6 Å². The molecule has 1 unspecified atom stereocenters. The molecule has 1 aliphatic heterocycles. The van der Waals surface area contributed by atoms with E-state index in [-0.39, 0.29) is 72.3 Å². The topological polar surface area (TPSA) is 133 Å². The number of carbonyl (C=O) groups excluding carboxylic acids is 1. The molecule has 33 heavy (non-hydrogen) atoms. The molecule has 0 spiro atoms. The smallest absolute Gasteiger partial charge is 0.748 e. The van der Waals surface area contributed by atoms with Crippen LogP contribution in [0.2, 0.25) is 0 Å². The Kier molecular flexibility index (Phi) is 22.8. The van der Waals surface area contributed by atoms with Crippen LogP contribution >= 0.6 is 0 Å². The van der Waals surface area contributed by atoms with Gasteiger partial charge in [-0.2, -0.15) is 0 Å². The minimum absolute atomic E-state index is 0. The summed E-state index contributed by atoms with van der Waals surface area (Å²) >= 11 is 0. The second kappa shape index (κ2) is 20.9. The van der Waals surface area contributed by atoms with Crippen molar-refractivity contribution >= 4 is 21.9 Å². The van der Waals surface area contributed by atoms with E-state index in [9.17, 15) is 28.0 Å². The number of hydrogen-bond donors (Lipinski definition) is 1. The van der Waals surface area contributed by atoms with Crippen LogP contribution in [-0.2, 0) is 19.6 Å². The standard InChI is InChI=1S/C21H40N2O7S.2Na/c1-2-3-4-5-6-7-8-9-10-11-20-22(14-15-30-17-21(25)26)12-13-23(20)16-19(24)18-31(27,28)29;;/h19,24H,2-18H2,1H3,(H-,25,26,27,28,29);;/q;2*+1/p-1. The maximum atomic E-state index is 10.9. The van der Waals surface area contributed by atoms with E-state index in [1.54, 1.807) is 0 Å². The van der Waals surface area contributed by atoms with Crippen molar-refractivity contribution in [3.8, 4) is 0 Å². The molecule has 1 N–H and O–H groups in total. The number of unbranched alkanes of at least 4 members (excludes halogenated alkanes) is 8. The zero-order valence-corrected chi connectivity index (χ0v) is 25.6. The molecule has 0 fully saturated rings. The van der Waals surface area contributed by atoms with Crippen molar-refractivity contribution in [1.29, 1.82) is 0 Å². The Balaban J connectivity index is 0. The fourth-order valence-electron chi connectivity index (χ4n) is 3.92. The molecular formula is C21H39N2Na2O7S+. The molecule has 0 aromatic heterocycles. The van der Waals surface area contributed by atoms with Gasteiger partial charge in [0, 0.05) is 6.42 Å². The molecule has 0 radical (unpaired) electrons. The summed E-state index contributed by atoms with van der Waals surface area (Å²) in [5.74, 6) is -1.07. The SMILES string of the molecule is CCCCCCCCCCCC1=[N+](CC(O)CS(=O)(=O)[O-])CCN1CCOCC(=O)[O-].[Na+].[Na+]. The second-order valence-electron chi connectivity index (χ2n) is 8.23. The van der Waals surface area contributed by atoms with E-state index in [4.69, 9.17) is 4.74 Å². The molecule has 0 amide bonds. The van der Waals surface area contributed by atoms with Gasteiger partial charge in [-0.3, -0.25) is 9.48 Å². The van der Waals surface area contributed by atoms with Gasteiger partial charge in [-0.05, 0) is 6.42 Å². The molecule has 0 saturated carbocycles. The molecule has 0 aromatic rings. The number of aliphatic hydroxyl groups excluding tert-OH is 1. The van der Waals surface area contributed by atoms with E-state index < -0.39 is 34.6 Å². The number of rotatable bonds is 19. The van der Waals surface area contributed by atoms with E-state index in [1.165, 1.54) is 44.9 Å². The summed E-state index contributed by atoms with van der Waals surface area (Å²) in [5, 5.41) is 20.5. The fraction of sp³-hybridized carbons (Fsp3) is 0.905. The van der Waals surface area contributed by atoms with Gasteiger partial charge in [0.1, 0.15) is 32.3 Å². The molecule has 0 aliphatic carbocycles. The number of ether oxygens (including phenoxy) is 1. The first-order valence-electron chi connectivity index (χ1n) is 11.5. The first kappa shape index (κ1) is 35.9. The van der Waals surface area contributed by atoms with Crippen LogP contribution < -0.4 is 64.2 Å². The molecule has 1 heterocycles. The second-order valence-corrected chi connectivity index (χ2v) is 9.68. The Morgan fingerprint density at radius 3 is 2.24 bits per heavy atom. The van der Waals surface area contributed by atoms with Crippen LogP contribution in [-0.4, -0.2) is 90.6 Å². The summed E-state index contributed by atoms with van der Waals surface area (Å²) in [6.07, 6.45) is 10.4. The predicted molar refractivity (Wildman–Crippen MR) is 115 cm³/mol. The predicted octanol–water partition coefficient (Wildman–Crippen LogP) is -5.69. The largest absolute Gasteiger partial charge is 1.00 e. The summed E-state index contributed by atoms with van der Waals surface area (Å²) < 4.78 is 39.8. The fourth-order valence-corrected chi connectivity index (χ4v) is 4.50. The van der Waals surface area contributed by atoms with Gasteiger partial charge < -0.3 is 24.3 Å². The Morgan fingerprint density at radius 2 is 1.70 bits per heavy atom. The third-order valence-corrected chi connectivity index (χ3v) is 6.22. The van der Waals surface area contributed by atoms with Gasteiger partial charge in [0.05, 0.1) is 35.1 Å². The minimum Gasteiger partial charge on any atom is -0.748 e. The number of carboxylic acid groups (broad SMARTS) is 1. The van der Waals surface area contributed by atoms with Crippen LogP contribution in [0.15, 0.2) is 0 Å². The van der Waals surface area contributed by atoms with Gasteiger partial charge >= 0.3 is 59.1 Å². The van der Waals surface area contributed by atoms with Gasteiger partial charge in [0.25, 0.3) is 0 Å². The zero-order valence-electron chi connectivity index (χ0n) is 20.8. The van der Waals surface area contributed by atoms with Crippen LogP contribution in [0.3, 0.4) is 0 Å². The van der Waals surface area contributed by atoms with Crippen molar-refractivity contribution in [3.05, 3.63) is 0 Å². The zero-order chi connectivity index (χ0) is 23.1. The molecule has 0 bridgehead atoms. The van der Waals surface area contributed by atoms with Gasteiger partial charge in [0.15, 0.2) is 0 Å². The molecule has 182 valence electrons. The van der Waals surface area contributed by atoms with E-state index >= 15 is 0 Å². The number of carboxylic acids is 1. The molecule has 1 rings (SSSR count). The van der Waals surface area contributed by atoms with Crippen LogP contribution in [0.1, 0.15) is 71.1 Å². The first-order chi connectivity index (χ1) is 14.7. The van der Waals surface area contributed by atoms with Crippen LogP contribution in [0.5, 0.6) is 0 Å². The minimum atomic E-state index is -4.49. The number of hydrogen-bond acceptors (Lipinski definition) is 8. The molecule has 1 atom stereocenters.